The molecule has 4 heteroatoms. The molecule has 2 atom stereocenters. The van der Waals surface area contributed by atoms with Crippen LogP contribution in [0.4, 0.5) is 11.4 Å². The first-order chi connectivity index (χ1) is 7.97. The first-order valence-electron chi connectivity index (χ1n) is 5.97. The van der Waals surface area contributed by atoms with E-state index in [0.29, 0.717) is 0 Å². The molecule has 1 aliphatic heterocycles. The fourth-order valence-electron chi connectivity index (χ4n) is 2.73. The fraction of sp³-hybridized carbons (Fsp3) is 0.538. The van der Waals surface area contributed by atoms with E-state index in [9.17, 15) is 0 Å². The molecule has 1 aromatic carbocycles. The number of halogens is 2. The van der Waals surface area contributed by atoms with E-state index in [-0.39, 0.29) is 0 Å². The maximum atomic E-state index is 5.83. The molecule has 1 saturated heterocycles. The summed E-state index contributed by atoms with van der Waals surface area (Å²) in [5.41, 5.74) is 7.85. The molecule has 0 radical (unpaired) electrons. The zero-order valence-corrected chi connectivity index (χ0v) is 13.4. The van der Waals surface area contributed by atoms with Crippen molar-refractivity contribution in [1.29, 1.82) is 0 Å². The molecule has 1 heterocycles. The lowest BCUT2D eigenvalue weighted by Crippen LogP contribution is -2.39. The lowest BCUT2D eigenvalue weighted by molar-refractivity contribution is 0.356. The molecular weight excluding hydrogens is 344 g/mol. The van der Waals surface area contributed by atoms with Crippen LogP contribution in [0.25, 0.3) is 0 Å². The number of piperidine rings is 1. The normalized spacial score (nSPS) is 25.1. The third kappa shape index (κ3) is 2.97. The summed E-state index contributed by atoms with van der Waals surface area (Å²) in [4.78, 5) is 2.45. The van der Waals surface area contributed by atoms with Gasteiger partial charge >= 0.3 is 0 Å². The molecule has 2 nitrogen and oxygen atoms in total. The quantitative estimate of drug-likeness (QED) is 0.756. The largest absolute Gasteiger partial charge is 0.399 e. The summed E-state index contributed by atoms with van der Waals surface area (Å²) in [6.45, 7) is 6.88. The van der Waals surface area contributed by atoms with Crippen molar-refractivity contribution in [2.24, 2.45) is 11.8 Å². The zero-order chi connectivity index (χ0) is 12.6. The van der Waals surface area contributed by atoms with Crippen LogP contribution in [0.2, 0.25) is 0 Å². The molecule has 1 fully saturated rings. The fourth-order valence-corrected chi connectivity index (χ4v) is 4.46. The van der Waals surface area contributed by atoms with Gasteiger partial charge in [0.2, 0.25) is 0 Å². The predicted octanol–water partition coefficient (Wildman–Crippen LogP) is 4.28. The second-order valence-corrected chi connectivity index (χ2v) is 6.89. The Hall–Kier alpha value is -0.220. The van der Waals surface area contributed by atoms with E-state index in [2.05, 4.69) is 50.6 Å². The summed E-state index contributed by atoms with van der Waals surface area (Å²) in [7, 11) is 0. The van der Waals surface area contributed by atoms with E-state index in [0.717, 1.165) is 39.6 Å². The van der Waals surface area contributed by atoms with E-state index in [4.69, 9.17) is 5.73 Å². The number of hydrogen-bond donors (Lipinski definition) is 1. The van der Waals surface area contributed by atoms with Gasteiger partial charge in [0.15, 0.2) is 0 Å². The maximum Gasteiger partial charge on any atom is 0.0656 e. The Labute approximate surface area is 120 Å². The molecule has 0 bridgehead atoms. The van der Waals surface area contributed by atoms with Gasteiger partial charge in [-0.15, -0.1) is 0 Å². The molecule has 0 aliphatic carbocycles. The molecule has 17 heavy (non-hydrogen) atoms. The maximum absolute atomic E-state index is 5.83. The van der Waals surface area contributed by atoms with Gasteiger partial charge < -0.3 is 10.6 Å². The van der Waals surface area contributed by atoms with Gasteiger partial charge in [0.05, 0.1) is 5.69 Å². The molecule has 94 valence electrons. The highest BCUT2D eigenvalue weighted by Crippen LogP contribution is 2.39. The first kappa shape index (κ1) is 13.2. The summed E-state index contributed by atoms with van der Waals surface area (Å²) in [6, 6.07) is 3.95. The van der Waals surface area contributed by atoms with Crippen molar-refractivity contribution >= 4 is 43.2 Å². The summed E-state index contributed by atoms with van der Waals surface area (Å²) in [5, 5.41) is 0. The van der Waals surface area contributed by atoms with Crippen LogP contribution < -0.4 is 10.6 Å². The second-order valence-electron chi connectivity index (χ2n) is 5.18. The Morgan fingerprint density at radius 1 is 1.12 bits per heavy atom. The van der Waals surface area contributed by atoms with Gasteiger partial charge in [-0.05, 0) is 62.2 Å². The van der Waals surface area contributed by atoms with Crippen molar-refractivity contribution in [2.75, 3.05) is 23.7 Å². The Morgan fingerprint density at radius 3 is 2.06 bits per heavy atom. The van der Waals surface area contributed by atoms with Crippen molar-refractivity contribution < 1.29 is 0 Å². The number of benzene rings is 1. The number of hydrogen-bond acceptors (Lipinski definition) is 2. The Balaban J connectivity index is 2.33. The van der Waals surface area contributed by atoms with E-state index < -0.39 is 0 Å². The molecule has 0 saturated carbocycles. The average Bonchev–Trinajstić information content (AvgIpc) is 2.13. The van der Waals surface area contributed by atoms with Crippen LogP contribution in [-0.4, -0.2) is 13.1 Å². The van der Waals surface area contributed by atoms with Gasteiger partial charge in [0.1, 0.15) is 0 Å². The molecule has 0 aromatic heterocycles. The number of nitrogens with two attached hydrogens (primary N) is 1. The zero-order valence-electron chi connectivity index (χ0n) is 10.2. The Bertz CT molecular complexity index is 387. The van der Waals surface area contributed by atoms with E-state index in [1.54, 1.807) is 0 Å². The van der Waals surface area contributed by atoms with E-state index in [1.807, 2.05) is 12.1 Å². The molecule has 2 rings (SSSR count). The summed E-state index contributed by atoms with van der Waals surface area (Å²) < 4.78 is 2.15. The van der Waals surface area contributed by atoms with Crippen molar-refractivity contribution in [3.63, 3.8) is 0 Å². The topological polar surface area (TPSA) is 29.3 Å². The molecule has 0 amide bonds. The summed E-state index contributed by atoms with van der Waals surface area (Å²) >= 11 is 7.24. The van der Waals surface area contributed by atoms with Gasteiger partial charge in [-0.3, -0.25) is 0 Å². The van der Waals surface area contributed by atoms with Crippen molar-refractivity contribution in [1.82, 2.24) is 0 Å². The van der Waals surface area contributed by atoms with Crippen LogP contribution in [0.15, 0.2) is 21.1 Å². The number of nitrogen functional groups attached to an aromatic ring is 1. The van der Waals surface area contributed by atoms with Crippen LogP contribution in [-0.2, 0) is 0 Å². The SMILES string of the molecule is C[C@H]1C[C@H](C)CN(c2c(Br)cc(N)cc2Br)C1. The van der Waals surface area contributed by atoms with Gasteiger partial charge in [0, 0.05) is 27.7 Å². The van der Waals surface area contributed by atoms with Crippen molar-refractivity contribution in [3.8, 4) is 0 Å². The van der Waals surface area contributed by atoms with Crippen molar-refractivity contribution in [2.45, 2.75) is 20.3 Å². The van der Waals surface area contributed by atoms with Crippen LogP contribution in [0.5, 0.6) is 0 Å². The Kier molecular flexibility index (Phi) is 4.03. The highest BCUT2D eigenvalue weighted by Gasteiger charge is 2.24. The standard InChI is InChI=1S/C13H18Br2N2/c1-8-3-9(2)7-17(6-8)13-11(14)4-10(16)5-12(13)15/h4-5,8-9H,3,6-7,16H2,1-2H3/t8-,9-/m0/s1. The van der Waals surface area contributed by atoms with Crippen LogP contribution in [0.3, 0.4) is 0 Å². The molecule has 1 aromatic rings. The van der Waals surface area contributed by atoms with Crippen LogP contribution in [0.1, 0.15) is 20.3 Å². The van der Waals surface area contributed by atoms with Crippen LogP contribution in [0, 0.1) is 11.8 Å². The third-order valence-electron chi connectivity index (χ3n) is 3.22. The highest BCUT2D eigenvalue weighted by atomic mass is 79.9. The van der Waals surface area contributed by atoms with E-state index >= 15 is 0 Å². The van der Waals surface area contributed by atoms with Crippen molar-refractivity contribution in [3.05, 3.63) is 21.1 Å². The minimum Gasteiger partial charge on any atom is -0.399 e. The average molecular weight is 362 g/mol. The third-order valence-corrected chi connectivity index (χ3v) is 4.43. The number of anilines is 2. The molecule has 2 N–H and O–H groups in total. The number of rotatable bonds is 1. The lowest BCUT2D eigenvalue weighted by Gasteiger charge is -2.37. The van der Waals surface area contributed by atoms with Gasteiger partial charge in [-0.2, -0.15) is 0 Å². The smallest absolute Gasteiger partial charge is 0.0656 e. The molecule has 0 unspecified atom stereocenters. The minimum atomic E-state index is 0.745. The van der Waals surface area contributed by atoms with Gasteiger partial charge in [-0.1, -0.05) is 13.8 Å². The minimum absolute atomic E-state index is 0.745. The lowest BCUT2D eigenvalue weighted by atomic mass is 9.91. The van der Waals surface area contributed by atoms with Gasteiger partial charge in [0.25, 0.3) is 0 Å². The van der Waals surface area contributed by atoms with Gasteiger partial charge in [-0.25, -0.2) is 0 Å². The van der Waals surface area contributed by atoms with E-state index in [1.165, 1.54) is 12.1 Å². The molecule has 1 aliphatic rings. The number of nitrogens with zero attached hydrogens (tertiary/aromatic N) is 1. The summed E-state index contributed by atoms with van der Waals surface area (Å²) in [6.07, 6.45) is 1.32. The van der Waals surface area contributed by atoms with Crippen LogP contribution >= 0.6 is 31.9 Å². The molecule has 0 spiro atoms. The second kappa shape index (κ2) is 5.19. The molecular formula is C13H18Br2N2. The predicted molar refractivity (Wildman–Crippen MR) is 81.4 cm³/mol. The summed E-state index contributed by atoms with van der Waals surface area (Å²) in [5.74, 6) is 1.49. The highest BCUT2D eigenvalue weighted by molar-refractivity contribution is 9.11. The first-order valence-corrected chi connectivity index (χ1v) is 7.55. The Morgan fingerprint density at radius 2 is 1.59 bits per heavy atom. The monoisotopic (exact) mass is 360 g/mol.